The molecule has 2 aliphatic heterocycles. The Hall–Kier alpha value is -2.57. The second-order valence-electron chi connectivity index (χ2n) is 7.11. The number of likely N-dealkylation sites (tertiary alicyclic amines) is 1. The van der Waals surface area contributed by atoms with Crippen molar-refractivity contribution in [2.75, 3.05) is 13.1 Å². The number of urea groups is 1. The molecule has 0 radical (unpaired) electrons. The van der Waals surface area contributed by atoms with Gasteiger partial charge in [-0.15, -0.1) is 0 Å². The van der Waals surface area contributed by atoms with Crippen molar-refractivity contribution in [3.05, 3.63) is 36.6 Å². The molecule has 2 rings (SSSR count). The highest BCUT2D eigenvalue weighted by Crippen LogP contribution is 2.31. The maximum absolute atomic E-state index is 12.9. The van der Waals surface area contributed by atoms with Gasteiger partial charge in [0.05, 0.1) is 6.54 Å². The van der Waals surface area contributed by atoms with Crippen LogP contribution in [-0.4, -0.2) is 52.1 Å². The van der Waals surface area contributed by atoms with Crippen LogP contribution in [0.3, 0.4) is 0 Å². The lowest BCUT2D eigenvalue weighted by Gasteiger charge is -2.25. The lowest BCUT2D eigenvalue weighted by Crippen LogP contribution is -2.50. The molecule has 136 valence electrons. The SMILES string of the molecule is C=C/C=C\C(=C/C)N1C(=O)NC2(CCN(C(=O)OC(C)(C)C)C2)C1=O. The molecule has 25 heavy (non-hydrogen) atoms. The third kappa shape index (κ3) is 3.75. The van der Waals surface area contributed by atoms with Crippen LogP contribution in [0.1, 0.15) is 34.1 Å². The third-order valence-corrected chi connectivity index (χ3v) is 4.04. The number of nitrogens with one attached hydrogen (secondary N) is 1. The molecule has 0 aliphatic carbocycles. The number of imide groups is 1. The van der Waals surface area contributed by atoms with E-state index in [4.69, 9.17) is 4.74 Å². The Bertz CT molecular complexity index is 660. The van der Waals surface area contributed by atoms with E-state index in [0.717, 1.165) is 4.90 Å². The first-order valence-corrected chi connectivity index (χ1v) is 8.23. The molecule has 7 heteroatoms. The van der Waals surface area contributed by atoms with E-state index in [9.17, 15) is 14.4 Å². The number of ether oxygens (including phenoxy) is 1. The van der Waals surface area contributed by atoms with E-state index in [-0.39, 0.29) is 12.5 Å². The second kappa shape index (κ2) is 6.74. The first-order chi connectivity index (χ1) is 11.6. The standard InChI is InChI=1S/C18H25N3O4/c1-6-8-9-13(7-2)21-14(22)18(19-15(21)23)10-11-20(12-18)16(24)25-17(3,4)5/h6-9H,1,10-12H2,2-5H3,(H,19,23)/b9-8-,13-7+. The van der Waals surface area contributed by atoms with Crippen LogP contribution in [-0.2, 0) is 9.53 Å². The van der Waals surface area contributed by atoms with Gasteiger partial charge in [-0.2, -0.15) is 0 Å². The first-order valence-electron chi connectivity index (χ1n) is 8.23. The monoisotopic (exact) mass is 347 g/mol. The minimum Gasteiger partial charge on any atom is -0.444 e. The van der Waals surface area contributed by atoms with Crippen LogP contribution in [0.4, 0.5) is 9.59 Å². The van der Waals surface area contributed by atoms with Crippen molar-refractivity contribution in [3.63, 3.8) is 0 Å². The van der Waals surface area contributed by atoms with Gasteiger partial charge in [-0.3, -0.25) is 4.79 Å². The molecule has 7 nitrogen and oxygen atoms in total. The molecule has 0 aromatic rings. The summed E-state index contributed by atoms with van der Waals surface area (Å²) in [6.07, 6.45) is 6.42. The summed E-state index contributed by atoms with van der Waals surface area (Å²) < 4.78 is 5.35. The summed E-state index contributed by atoms with van der Waals surface area (Å²) in [5, 5.41) is 2.76. The van der Waals surface area contributed by atoms with Gasteiger partial charge in [0.2, 0.25) is 0 Å². The highest BCUT2D eigenvalue weighted by Gasteiger charge is 2.56. The van der Waals surface area contributed by atoms with Gasteiger partial charge in [-0.05, 0) is 40.2 Å². The Morgan fingerprint density at radius 3 is 2.60 bits per heavy atom. The normalized spacial score (nSPS) is 24.4. The van der Waals surface area contributed by atoms with Crippen LogP contribution in [0.2, 0.25) is 0 Å². The zero-order valence-corrected chi connectivity index (χ0v) is 15.2. The molecule has 1 N–H and O–H groups in total. The molecule has 2 aliphatic rings. The van der Waals surface area contributed by atoms with Gasteiger partial charge in [0.1, 0.15) is 11.1 Å². The van der Waals surface area contributed by atoms with Gasteiger partial charge in [-0.1, -0.05) is 24.8 Å². The van der Waals surface area contributed by atoms with Gasteiger partial charge in [-0.25, -0.2) is 14.5 Å². The lowest BCUT2D eigenvalue weighted by atomic mass is 9.99. The van der Waals surface area contributed by atoms with E-state index in [1.807, 2.05) is 0 Å². The lowest BCUT2D eigenvalue weighted by molar-refractivity contribution is -0.129. The molecule has 0 bridgehead atoms. The highest BCUT2D eigenvalue weighted by molar-refractivity contribution is 6.09. The van der Waals surface area contributed by atoms with Crippen LogP contribution >= 0.6 is 0 Å². The molecule has 1 unspecified atom stereocenters. The summed E-state index contributed by atoms with van der Waals surface area (Å²) in [7, 11) is 0. The molecule has 0 saturated carbocycles. The van der Waals surface area contributed by atoms with Crippen molar-refractivity contribution in [3.8, 4) is 0 Å². The van der Waals surface area contributed by atoms with Gasteiger partial charge in [0.25, 0.3) is 5.91 Å². The summed E-state index contributed by atoms with van der Waals surface area (Å²) >= 11 is 0. The minimum atomic E-state index is -1.09. The Balaban J connectivity index is 2.18. The summed E-state index contributed by atoms with van der Waals surface area (Å²) in [5.41, 5.74) is -1.24. The van der Waals surface area contributed by atoms with Crippen molar-refractivity contribution in [2.45, 2.75) is 45.3 Å². The average Bonchev–Trinajstić information content (AvgIpc) is 3.03. The maximum Gasteiger partial charge on any atom is 0.410 e. The van der Waals surface area contributed by atoms with E-state index in [2.05, 4.69) is 11.9 Å². The minimum absolute atomic E-state index is 0.102. The van der Waals surface area contributed by atoms with E-state index >= 15 is 0 Å². The summed E-state index contributed by atoms with van der Waals surface area (Å²) in [6.45, 7) is 11.1. The van der Waals surface area contributed by atoms with Crippen molar-refractivity contribution in [1.82, 2.24) is 15.1 Å². The maximum atomic E-state index is 12.9. The largest absolute Gasteiger partial charge is 0.444 e. The molecule has 0 aromatic carbocycles. The van der Waals surface area contributed by atoms with Crippen molar-refractivity contribution < 1.29 is 19.1 Å². The topological polar surface area (TPSA) is 79.0 Å². The molecule has 2 saturated heterocycles. The molecular weight excluding hydrogens is 322 g/mol. The Morgan fingerprint density at radius 1 is 1.36 bits per heavy atom. The smallest absolute Gasteiger partial charge is 0.410 e. The van der Waals surface area contributed by atoms with E-state index in [1.165, 1.54) is 4.90 Å². The summed E-state index contributed by atoms with van der Waals surface area (Å²) in [5.74, 6) is -0.356. The van der Waals surface area contributed by atoms with Gasteiger partial charge in [0, 0.05) is 12.2 Å². The highest BCUT2D eigenvalue weighted by atomic mass is 16.6. The molecule has 4 amide bonds. The van der Waals surface area contributed by atoms with Crippen LogP contribution in [0.25, 0.3) is 0 Å². The zero-order valence-electron chi connectivity index (χ0n) is 15.2. The van der Waals surface area contributed by atoms with Crippen molar-refractivity contribution >= 4 is 18.0 Å². The average molecular weight is 347 g/mol. The molecule has 1 spiro atoms. The van der Waals surface area contributed by atoms with Crippen molar-refractivity contribution in [2.24, 2.45) is 0 Å². The van der Waals surface area contributed by atoms with Crippen LogP contribution in [0, 0.1) is 0 Å². The number of hydrogen-bond acceptors (Lipinski definition) is 4. The fourth-order valence-corrected chi connectivity index (χ4v) is 2.89. The summed E-state index contributed by atoms with van der Waals surface area (Å²) in [4.78, 5) is 40.1. The molecule has 1 atom stereocenters. The number of rotatable bonds is 3. The van der Waals surface area contributed by atoms with Gasteiger partial charge < -0.3 is 15.0 Å². The Morgan fingerprint density at radius 2 is 2.04 bits per heavy atom. The van der Waals surface area contributed by atoms with Gasteiger partial charge in [0.15, 0.2) is 0 Å². The van der Waals surface area contributed by atoms with Crippen LogP contribution in [0.15, 0.2) is 36.6 Å². The van der Waals surface area contributed by atoms with Crippen LogP contribution < -0.4 is 5.32 Å². The van der Waals surface area contributed by atoms with Crippen LogP contribution in [0.5, 0.6) is 0 Å². The van der Waals surface area contributed by atoms with Crippen molar-refractivity contribution in [1.29, 1.82) is 0 Å². The fourth-order valence-electron chi connectivity index (χ4n) is 2.89. The summed E-state index contributed by atoms with van der Waals surface area (Å²) in [6, 6.07) is -0.488. The van der Waals surface area contributed by atoms with E-state index in [1.54, 1.807) is 52.0 Å². The molecular formula is C18H25N3O4. The molecule has 2 heterocycles. The number of nitrogens with zero attached hydrogens (tertiary/aromatic N) is 2. The number of allylic oxidation sites excluding steroid dienone is 4. The molecule has 0 aromatic heterocycles. The third-order valence-electron chi connectivity index (χ3n) is 4.04. The Kier molecular flexibility index (Phi) is 5.06. The second-order valence-corrected chi connectivity index (χ2v) is 7.11. The fraction of sp³-hybridized carbons (Fsp3) is 0.500. The first kappa shape index (κ1) is 18.8. The predicted molar refractivity (Wildman–Crippen MR) is 93.6 cm³/mol. The number of carbonyl (C=O) groups excluding carboxylic acids is 3. The van der Waals surface area contributed by atoms with Gasteiger partial charge >= 0.3 is 12.1 Å². The molecule has 2 fully saturated rings. The number of carbonyl (C=O) groups is 3. The van der Waals surface area contributed by atoms with E-state index in [0.29, 0.717) is 18.7 Å². The predicted octanol–water partition coefficient (Wildman–Crippen LogP) is 2.56. The van der Waals surface area contributed by atoms with E-state index < -0.39 is 23.3 Å². The number of amides is 4. The zero-order chi connectivity index (χ0) is 18.8. The Labute approximate surface area is 148 Å². The quantitative estimate of drug-likeness (QED) is 0.629. The number of hydrogen-bond donors (Lipinski definition) is 1.